The molecule has 0 saturated carbocycles. The van der Waals surface area contributed by atoms with Gasteiger partial charge in [0, 0.05) is 25.4 Å². The van der Waals surface area contributed by atoms with E-state index in [1.54, 1.807) is 6.92 Å². The molecule has 1 heterocycles. The highest BCUT2D eigenvalue weighted by Crippen LogP contribution is 2.28. The van der Waals surface area contributed by atoms with Crippen molar-refractivity contribution in [2.45, 2.75) is 13.3 Å². The Morgan fingerprint density at radius 3 is 2.50 bits per heavy atom. The van der Waals surface area contributed by atoms with Crippen LogP contribution in [0.4, 0.5) is 0 Å². The molecule has 2 N–H and O–H groups in total. The Labute approximate surface area is 105 Å². The number of hydrogen-bond acceptors (Lipinski definition) is 4. The number of carbonyl (C=O) groups is 2. The molecule has 0 aliphatic carbocycles. The minimum Gasteiger partial charge on any atom is -0.507 e. The summed E-state index contributed by atoms with van der Waals surface area (Å²) in [6.07, 6.45) is 0.321. The molecule has 0 radical (unpaired) electrons. The molecule has 1 aromatic carbocycles. The first kappa shape index (κ1) is 12.4. The Morgan fingerprint density at radius 1 is 1.33 bits per heavy atom. The fourth-order valence-corrected chi connectivity index (χ4v) is 2.11. The first-order chi connectivity index (χ1) is 8.50. The normalized spacial score (nSPS) is 19.9. The molecule has 1 atom stereocenters. The minimum absolute atomic E-state index is 0.0981. The van der Waals surface area contributed by atoms with E-state index in [0.29, 0.717) is 19.5 Å². The largest absolute Gasteiger partial charge is 0.507 e. The Kier molecular flexibility index (Phi) is 3.23. The fraction of sp³-hybridized carbons (Fsp3) is 0.385. The van der Waals surface area contributed by atoms with Crippen molar-refractivity contribution < 1.29 is 19.8 Å². The number of rotatable bonds is 1. The number of aromatic hydroxyl groups is 2. The van der Waals surface area contributed by atoms with Crippen LogP contribution in [0.15, 0.2) is 18.2 Å². The molecule has 1 aliphatic rings. The maximum absolute atomic E-state index is 12.2. The van der Waals surface area contributed by atoms with Gasteiger partial charge in [0.25, 0.3) is 5.91 Å². The summed E-state index contributed by atoms with van der Waals surface area (Å²) in [5.41, 5.74) is -0.0981. The molecule has 96 valence electrons. The average Bonchev–Trinajstić information content (AvgIpc) is 2.32. The predicted octanol–water partition coefficient (Wildman–Crippen LogP) is 1.15. The van der Waals surface area contributed by atoms with Gasteiger partial charge in [-0.3, -0.25) is 9.59 Å². The molecular weight excluding hydrogens is 234 g/mol. The van der Waals surface area contributed by atoms with Crippen LogP contribution in [0.25, 0.3) is 0 Å². The molecule has 0 aromatic heterocycles. The van der Waals surface area contributed by atoms with Gasteiger partial charge in [-0.05, 0) is 12.1 Å². The average molecular weight is 249 g/mol. The minimum atomic E-state index is -0.440. The Balaban J connectivity index is 2.24. The number of nitrogens with zero attached hydrogens (tertiary/aromatic N) is 1. The van der Waals surface area contributed by atoms with Crippen molar-refractivity contribution in [1.29, 1.82) is 0 Å². The maximum atomic E-state index is 12.2. The van der Waals surface area contributed by atoms with E-state index in [9.17, 15) is 19.8 Å². The van der Waals surface area contributed by atoms with Gasteiger partial charge in [-0.2, -0.15) is 0 Å². The van der Waals surface area contributed by atoms with E-state index in [1.165, 1.54) is 23.1 Å². The molecule has 5 heteroatoms. The third-order valence-electron chi connectivity index (χ3n) is 3.19. The van der Waals surface area contributed by atoms with Crippen LogP contribution in [0.1, 0.15) is 23.7 Å². The molecule has 1 aromatic rings. The highest BCUT2D eigenvalue weighted by molar-refractivity contribution is 6.00. The molecule has 1 aliphatic heterocycles. The predicted molar refractivity (Wildman–Crippen MR) is 64.5 cm³/mol. The van der Waals surface area contributed by atoms with E-state index < -0.39 is 5.91 Å². The van der Waals surface area contributed by atoms with Crippen LogP contribution in [0, 0.1) is 5.92 Å². The zero-order valence-electron chi connectivity index (χ0n) is 10.1. The summed E-state index contributed by atoms with van der Waals surface area (Å²) in [6.45, 7) is 2.42. The smallest absolute Gasteiger partial charge is 0.261 e. The number of phenols is 2. The van der Waals surface area contributed by atoms with Crippen molar-refractivity contribution >= 4 is 11.7 Å². The number of likely N-dealkylation sites (tertiary alicyclic amines) is 1. The highest BCUT2D eigenvalue weighted by atomic mass is 16.3. The number of phenolic OH excluding ortho intramolecular Hbond substituents is 2. The van der Waals surface area contributed by atoms with Gasteiger partial charge in [-0.1, -0.05) is 13.0 Å². The van der Waals surface area contributed by atoms with Gasteiger partial charge >= 0.3 is 0 Å². The molecule has 0 spiro atoms. The molecule has 5 nitrogen and oxygen atoms in total. The van der Waals surface area contributed by atoms with Crippen LogP contribution in [0.3, 0.4) is 0 Å². The van der Waals surface area contributed by atoms with Crippen LogP contribution in [-0.2, 0) is 4.79 Å². The van der Waals surface area contributed by atoms with Gasteiger partial charge in [-0.15, -0.1) is 0 Å². The lowest BCUT2D eigenvalue weighted by Gasteiger charge is -2.30. The van der Waals surface area contributed by atoms with E-state index in [2.05, 4.69) is 0 Å². The molecule has 1 unspecified atom stereocenters. The summed E-state index contributed by atoms with van der Waals surface area (Å²) < 4.78 is 0. The fourth-order valence-electron chi connectivity index (χ4n) is 2.11. The number of Topliss-reactive ketones (excluding diaryl/α,β-unsaturated/α-hetero) is 1. The standard InChI is InChI=1S/C13H15NO4/c1-8-7-14(6-5-9(8)15)13(18)12-10(16)3-2-4-11(12)17/h2-4,8,16-17H,5-7H2,1H3. The van der Waals surface area contributed by atoms with Gasteiger partial charge in [0.05, 0.1) is 0 Å². The van der Waals surface area contributed by atoms with Gasteiger partial charge < -0.3 is 15.1 Å². The third-order valence-corrected chi connectivity index (χ3v) is 3.19. The van der Waals surface area contributed by atoms with Gasteiger partial charge in [0.2, 0.25) is 0 Å². The molecule has 0 bridgehead atoms. The number of carbonyl (C=O) groups excluding carboxylic acids is 2. The summed E-state index contributed by atoms with van der Waals surface area (Å²) in [7, 11) is 0. The quantitative estimate of drug-likeness (QED) is 0.782. The van der Waals surface area contributed by atoms with E-state index in [1.807, 2.05) is 0 Å². The zero-order valence-corrected chi connectivity index (χ0v) is 10.1. The number of piperidine rings is 1. The van der Waals surface area contributed by atoms with Crippen molar-refractivity contribution in [3.63, 3.8) is 0 Å². The van der Waals surface area contributed by atoms with E-state index in [-0.39, 0.29) is 28.8 Å². The Bertz CT molecular complexity index is 478. The second-order valence-corrected chi connectivity index (χ2v) is 4.54. The van der Waals surface area contributed by atoms with Crippen molar-refractivity contribution in [2.75, 3.05) is 13.1 Å². The van der Waals surface area contributed by atoms with Crippen LogP contribution < -0.4 is 0 Å². The van der Waals surface area contributed by atoms with Crippen LogP contribution >= 0.6 is 0 Å². The number of benzene rings is 1. The van der Waals surface area contributed by atoms with E-state index in [0.717, 1.165) is 0 Å². The summed E-state index contributed by atoms with van der Waals surface area (Å²) in [6, 6.07) is 4.17. The van der Waals surface area contributed by atoms with Gasteiger partial charge in [0.1, 0.15) is 22.8 Å². The second-order valence-electron chi connectivity index (χ2n) is 4.54. The number of ketones is 1. The molecule has 1 saturated heterocycles. The molecule has 1 fully saturated rings. The Morgan fingerprint density at radius 2 is 1.94 bits per heavy atom. The van der Waals surface area contributed by atoms with Crippen LogP contribution in [0.5, 0.6) is 11.5 Å². The third kappa shape index (κ3) is 2.16. The SMILES string of the molecule is CC1CN(C(=O)c2c(O)cccc2O)CCC1=O. The van der Waals surface area contributed by atoms with E-state index >= 15 is 0 Å². The monoisotopic (exact) mass is 249 g/mol. The van der Waals surface area contributed by atoms with Gasteiger partial charge in [0.15, 0.2) is 0 Å². The summed E-state index contributed by atoms with van der Waals surface area (Å²) in [4.78, 5) is 25.1. The summed E-state index contributed by atoms with van der Waals surface area (Å²) >= 11 is 0. The number of amides is 1. The first-order valence-corrected chi connectivity index (χ1v) is 5.83. The lowest BCUT2D eigenvalue weighted by Crippen LogP contribution is -2.43. The molecule has 1 amide bonds. The molecular formula is C13H15NO4. The lowest BCUT2D eigenvalue weighted by molar-refractivity contribution is -0.124. The molecule has 2 rings (SSSR count). The molecule has 18 heavy (non-hydrogen) atoms. The van der Waals surface area contributed by atoms with Crippen molar-refractivity contribution in [1.82, 2.24) is 4.90 Å². The van der Waals surface area contributed by atoms with Crippen LogP contribution in [0.2, 0.25) is 0 Å². The highest BCUT2D eigenvalue weighted by Gasteiger charge is 2.29. The zero-order chi connectivity index (χ0) is 13.3. The maximum Gasteiger partial charge on any atom is 0.261 e. The first-order valence-electron chi connectivity index (χ1n) is 5.83. The van der Waals surface area contributed by atoms with Crippen LogP contribution in [-0.4, -0.2) is 39.9 Å². The van der Waals surface area contributed by atoms with Crippen molar-refractivity contribution in [2.24, 2.45) is 5.92 Å². The summed E-state index contributed by atoms with van der Waals surface area (Å²) in [5.74, 6) is -0.990. The summed E-state index contributed by atoms with van der Waals surface area (Å²) in [5, 5.41) is 19.3. The Hall–Kier alpha value is -2.04. The van der Waals surface area contributed by atoms with Crippen molar-refractivity contribution in [3.05, 3.63) is 23.8 Å². The van der Waals surface area contributed by atoms with Gasteiger partial charge in [-0.25, -0.2) is 0 Å². The van der Waals surface area contributed by atoms with Crippen molar-refractivity contribution in [3.8, 4) is 11.5 Å². The topological polar surface area (TPSA) is 77.8 Å². The van der Waals surface area contributed by atoms with E-state index in [4.69, 9.17) is 0 Å². The number of hydrogen-bond donors (Lipinski definition) is 2. The second kappa shape index (κ2) is 4.68. The lowest BCUT2D eigenvalue weighted by atomic mass is 9.97.